The summed E-state index contributed by atoms with van der Waals surface area (Å²) in [5, 5.41) is 0. The monoisotopic (exact) mass is 786 g/mol. The third-order valence-electron chi connectivity index (χ3n) is 0.575. The molecule has 0 saturated heterocycles. The Balaban J connectivity index is -0.0000000113. The van der Waals surface area contributed by atoms with Crippen LogP contribution in [-0.2, 0) is 25.3 Å². The van der Waals surface area contributed by atoms with Gasteiger partial charge in [-0.25, -0.2) is 0 Å². The van der Waals surface area contributed by atoms with Crippen molar-refractivity contribution in [2.24, 2.45) is 0 Å². The van der Waals surface area contributed by atoms with Crippen LogP contribution in [0.4, 0.5) is 0 Å². The van der Waals surface area contributed by atoms with Crippen molar-refractivity contribution in [1.29, 1.82) is 0 Å². The van der Waals surface area contributed by atoms with Crippen LogP contribution >= 0.6 is 48.0 Å². The van der Waals surface area contributed by atoms with Crippen LogP contribution in [0.15, 0.2) is 0 Å². The van der Waals surface area contributed by atoms with Gasteiger partial charge in [0.15, 0.2) is 0 Å². The molecular formula is C11H27Pm3S6-. The predicted molar refractivity (Wildman–Crippen MR) is 107 cm³/mol. The molecule has 0 aromatic heterocycles. The molecule has 0 fully saturated rings. The summed E-state index contributed by atoms with van der Waals surface area (Å²) in [4.78, 5) is 0. The molecule has 123 valence electrons. The van der Waals surface area contributed by atoms with Crippen molar-refractivity contribution in [3.8, 4) is 0 Å². The third kappa shape index (κ3) is 134. The van der Waals surface area contributed by atoms with Gasteiger partial charge in [-0.3, -0.25) is 0 Å². The van der Waals surface area contributed by atoms with Gasteiger partial charge in [0.25, 0.3) is 0 Å². The first-order valence-electron chi connectivity index (χ1n) is 3.54. The van der Waals surface area contributed by atoms with E-state index in [4.69, 9.17) is 0 Å². The minimum atomic E-state index is 0. The Hall–Kier alpha value is 5.33. The summed E-state index contributed by atoms with van der Waals surface area (Å²) < 4.78 is 2.59. The second-order valence-corrected chi connectivity index (χ2v) is 7.15. The molecule has 0 amide bonds. The molecule has 0 aliphatic carbocycles. The summed E-state index contributed by atoms with van der Waals surface area (Å²) in [7, 11) is 0. The molecule has 20 heavy (non-hydrogen) atoms. The zero-order valence-corrected chi connectivity index (χ0v) is 23.8. The van der Waals surface area contributed by atoms with Crippen molar-refractivity contribution in [2.45, 2.75) is 43.1 Å². The van der Waals surface area contributed by atoms with Crippen molar-refractivity contribution >= 4 is 81.6 Å². The average molecular weight is 787 g/mol. The Morgan fingerprint density at radius 3 is 1.05 bits per heavy atom. The molecule has 0 N–H and O–H groups in total. The number of rotatable bonds is 1. The standard InChI is InChI=1S/2C3H6S2.C2H4S2.3CH4.3Pm/c2*1-3(4)5-2;1-2(3)4;;;;;;/h2*1-2H3;1H3,(H,3,4);3*1H4;;;/p-1. The van der Waals surface area contributed by atoms with Crippen molar-refractivity contribution in [2.75, 3.05) is 12.5 Å². The van der Waals surface area contributed by atoms with Gasteiger partial charge in [0.2, 0.25) is 0 Å². The molecule has 0 unspecified atom stereocenters. The van der Waals surface area contributed by atoms with Crippen molar-refractivity contribution < 1.29 is 121 Å². The van der Waals surface area contributed by atoms with E-state index in [1.165, 1.54) is 0 Å². The van der Waals surface area contributed by atoms with Gasteiger partial charge in [-0.15, -0.1) is 11.8 Å². The third-order valence-corrected chi connectivity index (χ3v) is 2.72. The van der Waals surface area contributed by atoms with Gasteiger partial charge in [0.1, 0.15) is 0 Å². The van der Waals surface area contributed by atoms with Crippen LogP contribution in [0, 0.1) is 126 Å². The molecule has 0 nitrogen and oxygen atoms in total. The van der Waals surface area contributed by atoms with E-state index >= 15 is 0 Å². The van der Waals surface area contributed by atoms with Gasteiger partial charge in [0, 0.05) is 148 Å². The van der Waals surface area contributed by atoms with E-state index in [2.05, 4.69) is 49.7 Å². The zero-order chi connectivity index (χ0) is 12.1. The van der Waals surface area contributed by atoms with Gasteiger partial charge in [-0.2, -0.15) is 4.20 Å². The van der Waals surface area contributed by atoms with Gasteiger partial charge >= 0.3 is 0 Å². The first kappa shape index (κ1) is 56.2. The van der Waals surface area contributed by atoms with E-state index in [9.17, 15) is 0 Å². The Bertz CT molecular complexity index is 153. The maximum absolute atomic E-state index is 4.66. The molecule has 0 atom stereocenters. The van der Waals surface area contributed by atoms with Gasteiger partial charge < -0.3 is 37.5 Å². The van der Waals surface area contributed by atoms with Gasteiger partial charge in [-0.05, 0) is 13.2 Å². The molecule has 0 rings (SSSR count). The molecule has 0 aromatic carbocycles. The van der Waals surface area contributed by atoms with Crippen LogP contribution in [0.25, 0.3) is 0 Å². The van der Waals surface area contributed by atoms with Crippen LogP contribution in [0.3, 0.4) is 0 Å². The minimum absolute atomic E-state index is 0. The van der Waals surface area contributed by atoms with Crippen LogP contribution in [0.5, 0.6) is 0 Å². The Labute approximate surface area is 257 Å². The molecule has 0 heterocycles. The summed E-state index contributed by atoms with van der Waals surface area (Å²) in [6.45, 7) is 5.55. The molecule has 0 aromatic rings. The fraction of sp³-hybridized carbons (Fsp3) is 0.727. The molecular weight excluding hydrogens is 760 g/mol. The Kier molecular flexibility index (Phi) is 140. The fourth-order valence-electron chi connectivity index (χ4n) is 0. The maximum atomic E-state index is 4.66. The molecule has 0 aliphatic rings. The fourth-order valence-corrected chi connectivity index (χ4v) is 0. The number of thioether (sulfide) groups is 2. The summed E-state index contributed by atoms with van der Waals surface area (Å²) in [5.74, 6) is 0. The largest absolute Gasteiger partial charge is 0.494 e. The van der Waals surface area contributed by atoms with Crippen LogP contribution in [0.1, 0.15) is 43.1 Å². The predicted octanol–water partition coefficient (Wildman–Crippen LogP) is 5.89. The second-order valence-electron chi connectivity index (χ2n) is 1.88. The molecule has 0 aliphatic heterocycles. The van der Waals surface area contributed by atoms with E-state index in [1.807, 2.05) is 26.4 Å². The topological polar surface area (TPSA) is 0 Å². The van der Waals surface area contributed by atoms with Crippen molar-refractivity contribution in [1.82, 2.24) is 0 Å². The second kappa shape index (κ2) is 49.7. The molecule has 9 heteroatoms. The Morgan fingerprint density at radius 2 is 1.05 bits per heavy atom. The first-order valence-corrected chi connectivity index (χ1v) is 7.62. The Morgan fingerprint density at radius 1 is 0.950 bits per heavy atom. The average Bonchev–Trinajstić information content (AvgIpc) is 2.04. The van der Waals surface area contributed by atoms with Crippen molar-refractivity contribution in [3.05, 3.63) is 4.58 Å². The van der Waals surface area contributed by atoms with E-state index < -0.39 is 0 Å². The minimum Gasteiger partial charge on any atom is -0.494 e. The van der Waals surface area contributed by atoms with E-state index in [0.29, 0.717) is 4.20 Å². The maximum Gasteiger partial charge on any atom is 0.0696 e. The normalized spacial score (nSPS) is 5.10. The number of hydrogen-bond donors (Lipinski definition) is 0. The van der Waals surface area contributed by atoms with Crippen LogP contribution in [0.2, 0.25) is 0 Å². The van der Waals surface area contributed by atoms with Gasteiger partial charge in [0.05, 0.1) is 6.92 Å². The van der Waals surface area contributed by atoms with Crippen LogP contribution in [-0.4, -0.2) is 20.9 Å². The number of hydrogen-bond acceptors (Lipinski definition) is 6. The SMILES string of the molecule is C.C.C.CC(=S)[S-].CSC(C)=S.CS[C+](C)[S-].[Pm].[Pm].[Pm]. The van der Waals surface area contributed by atoms with Crippen LogP contribution < -0.4 is 0 Å². The number of thiocarbonyl (C=S) groups is 2. The van der Waals surface area contributed by atoms with Gasteiger partial charge in [-0.1, -0.05) is 41.4 Å². The smallest absolute Gasteiger partial charge is 0.0696 e. The first-order chi connectivity index (χ1) is 6.27. The van der Waals surface area contributed by atoms with Crippen molar-refractivity contribution in [3.63, 3.8) is 0 Å². The zero-order valence-electron chi connectivity index (χ0n) is 10.3. The van der Waals surface area contributed by atoms with E-state index in [1.54, 1.807) is 30.4 Å². The summed E-state index contributed by atoms with van der Waals surface area (Å²) >= 11 is 21.2. The van der Waals surface area contributed by atoms with E-state index in [-0.39, 0.29) is 143 Å². The summed E-state index contributed by atoms with van der Waals surface area (Å²) in [5.41, 5.74) is 0. The molecule has 0 saturated carbocycles. The molecule has 3 radical (unpaired) electrons. The quantitative estimate of drug-likeness (QED) is 0.184. The summed E-state index contributed by atoms with van der Waals surface area (Å²) in [6.07, 6.45) is 3.95. The van der Waals surface area contributed by atoms with E-state index in [0.717, 1.165) is 8.78 Å². The summed E-state index contributed by atoms with van der Waals surface area (Å²) in [6, 6.07) is 0. The molecule has 0 bridgehead atoms. The molecule has 0 spiro atoms.